The molecule has 9 rings (SSSR count). The van der Waals surface area contributed by atoms with Gasteiger partial charge in [0.2, 0.25) is 15.9 Å². The van der Waals surface area contributed by atoms with Gasteiger partial charge in [-0.1, -0.05) is 54.1 Å². The number of nitrogens with zero attached hydrogens (tertiary/aromatic N) is 6. The Kier molecular flexibility index (Phi) is 10.6. The van der Waals surface area contributed by atoms with Crippen molar-refractivity contribution in [1.82, 2.24) is 24.9 Å². The van der Waals surface area contributed by atoms with E-state index in [-0.39, 0.29) is 56.5 Å². The van der Waals surface area contributed by atoms with Gasteiger partial charge in [-0.25, -0.2) is 31.0 Å². The van der Waals surface area contributed by atoms with Crippen LogP contribution in [0.2, 0.25) is 5.02 Å². The lowest BCUT2D eigenvalue weighted by Gasteiger charge is -2.39. The molecule has 2 aromatic heterocycles. The van der Waals surface area contributed by atoms with E-state index in [2.05, 4.69) is 20.2 Å². The highest BCUT2D eigenvalue weighted by Gasteiger charge is 2.67. The van der Waals surface area contributed by atoms with E-state index in [1.807, 2.05) is 36.4 Å². The minimum Gasteiger partial charge on any atom is -0.369 e. The van der Waals surface area contributed by atoms with Crippen molar-refractivity contribution in [3.05, 3.63) is 135 Å². The number of alkyl halides is 4. The number of benzene rings is 4. The average Bonchev–Trinajstić information content (AvgIpc) is 3.75. The second kappa shape index (κ2) is 15.7. The van der Waals surface area contributed by atoms with Crippen LogP contribution in [-0.2, 0) is 53.6 Å². The molecule has 0 bridgehead atoms. The van der Waals surface area contributed by atoms with Crippen LogP contribution in [0.5, 0.6) is 0 Å². The number of aromatic nitrogens is 4. The second-order valence-corrected chi connectivity index (χ2v) is 18.2. The Bertz CT molecular complexity index is 2940. The summed E-state index contributed by atoms with van der Waals surface area (Å²) in [6, 6.07) is 19.2. The van der Waals surface area contributed by atoms with Crippen molar-refractivity contribution < 1.29 is 44.7 Å². The summed E-state index contributed by atoms with van der Waals surface area (Å²) in [4.78, 5) is 20.5. The zero-order chi connectivity index (χ0) is 44.7. The van der Waals surface area contributed by atoms with Crippen LogP contribution in [0, 0.1) is 17.6 Å². The summed E-state index contributed by atoms with van der Waals surface area (Å²) in [5, 5.41) is 23.5. The smallest absolute Gasteiger partial charge is 0.293 e. The molecule has 3 aliphatic rings. The summed E-state index contributed by atoms with van der Waals surface area (Å²) in [5.74, 6) is -8.66. The number of halogens is 7. The number of nitrogens with one attached hydrogen (secondary N) is 2. The first-order valence-corrected chi connectivity index (χ1v) is 22.0. The van der Waals surface area contributed by atoms with Crippen LogP contribution in [0.4, 0.5) is 43.5 Å². The summed E-state index contributed by atoms with van der Waals surface area (Å²) < 4.78 is 118. The van der Waals surface area contributed by atoms with Crippen molar-refractivity contribution in [2.45, 2.75) is 62.8 Å². The average molecular weight is 911 g/mol. The molecule has 3 heterocycles. The third-order valence-electron chi connectivity index (χ3n) is 11.6. The predicted molar refractivity (Wildman–Crippen MR) is 223 cm³/mol. The number of amides is 1. The normalized spacial score (nSPS) is 19.1. The molecule has 0 saturated heterocycles. The van der Waals surface area contributed by atoms with E-state index in [1.54, 1.807) is 12.1 Å². The highest BCUT2D eigenvalue weighted by molar-refractivity contribution is 7.92. The van der Waals surface area contributed by atoms with Gasteiger partial charge in [-0.05, 0) is 72.2 Å². The van der Waals surface area contributed by atoms with Gasteiger partial charge in [-0.3, -0.25) is 23.8 Å². The summed E-state index contributed by atoms with van der Waals surface area (Å²) in [5.41, 5.74) is 0.967. The lowest BCUT2D eigenvalue weighted by Crippen LogP contribution is -2.53. The van der Waals surface area contributed by atoms with Gasteiger partial charge in [0.05, 0.1) is 39.6 Å². The number of aliphatic hydroxyl groups excluding tert-OH is 1. The number of anilines is 2. The van der Waals surface area contributed by atoms with Crippen molar-refractivity contribution >= 4 is 61.5 Å². The molecule has 1 aliphatic heterocycles. The molecule has 1 fully saturated rings. The Morgan fingerprint density at radius 1 is 0.968 bits per heavy atom. The van der Waals surface area contributed by atoms with Crippen molar-refractivity contribution in [3.8, 4) is 0 Å². The van der Waals surface area contributed by atoms with Gasteiger partial charge in [0, 0.05) is 36.6 Å². The number of carbonyl (C=O) groups excluding carboxylic acids is 1. The van der Waals surface area contributed by atoms with Crippen molar-refractivity contribution in [2.24, 2.45) is 18.0 Å². The van der Waals surface area contributed by atoms with E-state index >= 15 is 8.78 Å². The van der Waals surface area contributed by atoms with Crippen LogP contribution < -0.4 is 14.9 Å². The molecule has 4 atom stereocenters. The van der Waals surface area contributed by atoms with E-state index in [1.165, 1.54) is 28.8 Å². The lowest BCUT2D eigenvalue weighted by atomic mass is 9.97. The van der Waals surface area contributed by atoms with Crippen LogP contribution in [0.25, 0.3) is 10.9 Å². The highest BCUT2D eigenvalue weighted by Crippen LogP contribution is 2.68. The van der Waals surface area contributed by atoms with Gasteiger partial charge in [0.1, 0.15) is 35.4 Å². The minimum atomic E-state index is -3.88. The fourth-order valence-electron chi connectivity index (χ4n) is 8.86. The molecule has 2 aliphatic carbocycles. The first-order chi connectivity index (χ1) is 29.9. The van der Waals surface area contributed by atoms with Crippen molar-refractivity contribution in [3.63, 3.8) is 0 Å². The fourth-order valence-corrected chi connectivity index (χ4v) is 9.60. The SMILES string of the molecule is Cn1nc(NS(C)(=O)=O)c2c(Cl)ccc(N3C([C@H](Cc4cc(F)cc(F)c4)NC(=O)Cn4nc(C(F)F)c5c4C(F)(F)[C@@H]4C[C@H]54)=Nc4cc(CCc5ccccc5)ccc4C3O)c21. The molecule has 4 aromatic carbocycles. The number of rotatable bonds is 13. The topological polar surface area (TPSA) is 147 Å². The molecular weight excluding hydrogens is 874 g/mol. The summed E-state index contributed by atoms with van der Waals surface area (Å²) in [7, 11) is -2.38. The largest absolute Gasteiger partial charge is 0.369 e. The Morgan fingerprint density at radius 2 is 1.68 bits per heavy atom. The summed E-state index contributed by atoms with van der Waals surface area (Å²) in [6.07, 6.45) is -3.02. The van der Waals surface area contributed by atoms with Gasteiger partial charge in [0.25, 0.3) is 12.3 Å². The third kappa shape index (κ3) is 7.90. The fraction of sp³-hybridized carbons (Fsp3) is 0.302. The zero-order valence-electron chi connectivity index (χ0n) is 33.3. The van der Waals surface area contributed by atoms with Gasteiger partial charge in [0.15, 0.2) is 12.0 Å². The monoisotopic (exact) mass is 910 g/mol. The first-order valence-electron chi connectivity index (χ1n) is 19.7. The second-order valence-electron chi connectivity index (χ2n) is 16.0. The Hall–Kier alpha value is -5.92. The van der Waals surface area contributed by atoms with Crippen LogP contribution in [0.3, 0.4) is 0 Å². The van der Waals surface area contributed by atoms with Crippen LogP contribution in [0.1, 0.15) is 64.2 Å². The number of carbonyl (C=O) groups is 1. The molecule has 3 N–H and O–H groups in total. The van der Waals surface area contributed by atoms with Gasteiger partial charge in [-0.15, -0.1) is 0 Å². The van der Waals surface area contributed by atoms with E-state index < -0.39 is 88.4 Å². The number of sulfonamides is 1. The van der Waals surface area contributed by atoms with E-state index in [9.17, 15) is 35.9 Å². The summed E-state index contributed by atoms with van der Waals surface area (Å²) in [6.45, 7) is -0.943. The van der Waals surface area contributed by atoms with Crippen molar-refractivity contribution in [1.29, 1.82) is 0 Å². The van der Waals surface area contributed by atoms with E-state index in [0.717, 1.165) is 29.5 Å². The number of fused-ring (bicyclic) bond motifs is 5. The van der Waals surface area contributed by atoms with Crippen LogP contribution in [-0.4, -0.2) is 57.1 Å². The van der Waals surface area contributed by atoms with Gasteiger partial charge >= 0.3 is 0 Å². The van der Waals surface area contributed by atoms with Gasteiger partial charge < -0.3 is 10.4 Å². The molecule has 63 heavy (non-hydrogen) atoms. The summed E-state index contributed by atoms with van der Waals surface area (Å²) >= 11 is 6.66. The Balaban J connectivity index is 1.18. The number of hydrogen-bond donors (Lipinski definition) is 3. The maximum absolute atomic E-state index is 15.5. The standard InChI is InChI=1S/C43H37ClF6N8O4S/c1-56-37-32(13-12-29(44)35(37)40(54-56)55-63(2,61)62)58-41(52-30-16-22(10-11-26(30)42(58)60)9-8-21-6-4-3-5-7-21)31(17-23-14-24(45)18-25(46)15-23)51-33(59)20-57-38-34(36(53-57)39(47)48)27-19-28(27)43(38,49)50/h3-7,10-16,18,27-28,31,39,42,60H,8-9,17,19-20H2,1-2H3,(H,51,59)(H,54,55)/t27-,28+,31-,42?/m0/s1. The predicted octanol–water partition coefficient (Wildman–Crippen LogP) is 7.97. The number of aryl methyl sites for hydroxylation is 3. The van der Waals surface area contributed by atoms with E-state index in [0.29, 0.717) is 29.2 Å². The maximum atomic E-state index is 15.5. The molecule has 1 unspecified atom stereocenters. The number of hydrogen-bond acceptors (Lipinski definition) is 8. The zero-order valence-corrected chi connectivity index (χ0v) is 34.9. The molecule has 6 aromatic rings. The Morgan fingerprint density at radius 3 is 2.38 bits per heavy atom. The minimum absolute atomic E-state index is 0.0117. The van der Waals surface area contributed by atoms with Crippen LogP contribution >= 0.6 is 11.6 Å². The highest BCUT2D eigenvalue weighted by atomic mass is 35.5. The molecule has 1 saturated carbocycles. The molecule has 0 spiro atoms. The first kappa shape index (κ1) is 42.4. The lowest BCUT2D eigenvalue weighted by molar-refractivity contribution is -0.122. The number of aliphatic hydroxyl groups is 1. The van der Waals surface area contributed by atoms with Crippen molar-refractivity contribution in [2.75, 3.05) is 15.9 Å². The third-order valence-corrected chi connectivity index (χ3v) is 12.5. The molecule has 0 radical (unpaired) electrons. The molecular formula is C43H37ClF6N8O4S. The Labute approximate surface area is 361 Å². The quantitative estimate of drug-likeness (QED) is 0.0997. The number of aliphatic imine (C=N–C) groups is 1. The van der Waals surface area contributed by atoms with Crippen LogP contribution in [0.15, 0.2) is 83.9 Å². The molecule has 1 amide bonds. The molecule has 20 heteroatoms. The molecule has 328 valence electrons. The van der Waals surface area contributed by atoms with Gasteiger partial charge in [-0.2, -0.15) is 19.0 Å². The maximum Gasteiger partial charge on any atom is 0.293 e. The van der Waals surface area contributed by atoms with E-state index in [4.69, 9.17) is 16.6 Å². The number of amidine groups is 1. The molecule has 12 nitrogen and oxygen atoms in total.